The van der Waals surface area contributed by atoms with Crippen molar-refractivity contribution in [3.63, 3.8) is 0 Å². The van der Waals surface area contributed by atoms with Crippen molar-refractivity contribution < 1.29 is 28.5 Å². The lowest BCUT2D eigenvalue weighted by atomic mass is 10.2. The quantitative estimate of drug-likeness (QED) is 0.156. The Hall–Kier alpha value is -3.96. The molecule has 0 fully saturated rings. The fraction of sp³-hybridized carbons (Fsp3) is 0.412. The molecule has 0 bridgehead atoms. The smallest absolute Gasteiger partial charge is 0.322 e. The van der Waals surface area contributed by atoms with Crippen LogP contribution in [-0.4, -0.2) is 87.7 Å². The minimum Gasteiger partial charge on any atom is -0.380 e. The minimum atomic E-state index is -0.273. The summed E-state index contributed by atoms with van der Waals surface area (Å²) in [4.78, 5) is 29.7. The molecular weight excluding hydrogens is 560 g/mol. The highest BCUT2D eigenvalue weighted by molar-refractivity contribution is 5.92. The van der Waals surface area contributed by atoms with Gasteiger partial charge in [-0.05, 0) is 43.2 Å². The van der Waals surface area contributed by atoms with E-state index in [9.17, 15) is 9.59 Å². The van der Waals surface area contributed by atoms with Crippen molar-refractivity contribution in [1.82, 2.24) is 9.80 Å². The standard InChI is InChI=1S/C34H46N4O6/c1-3-41-22-18-37(20-24-43-27-29-12-7-5-8-13-29)33(39)35-31-16-11-17-32(26-31)36-34(40)38(19-23-42-4-2)21-25-44-28-30-14-9-6-10-15-30/h5-17,26H,3-4,18-25,27-28H2,1-2H3,(H,35,39)(H,36,40). The zero-order valence-corrected chi connectivity index (χ0v) is 25.9. The highest BCUT2D eigenvalue weighted by atomic mass is 16.5. The maximum Gasteiger partial charge on any atom is 0.322 e. The molecule has 0 aliphatic carbocycles. The van der Waals surface area contributed by atoms with E-state index >= 15 is 0 Å². The number of hydrogen-bond donors (Lipinski definition) is 2. The Balaban J connectivity index is 1.53. The number of anilines is 2. The number of amides is 4. The average Bonchev–Trinajstić information content (AvgIpc) is 3.04. The van der Waals surface area contributed by atoms with Gasteiger partial charge in [0.05, 0.1) is 39.6 Å². The topological polar surface area (TPSA) is 102 Å². The molecule has 0 aliphatic rings. The monoisotopic (exact) mass is 606 g/mol. The lowest BCUT2D eigenvalue weighted by molar-refractivity contribution is 0.0841. The fourth-order valence-electron chi connectivity index (χ4n) is 4.23. The molecule has 0 atom stereocenters. The molecule has 3 aromatic rings. The summed E-state index contributed by atoms with van der Waals surface area (Å²) in [6.45, 7) is 9.21. The number of urea groups is 2. The third kappa shape index (κ3) is 13.6. The van der Waals surface area contributed by atoms with Gasteiger partial charge in [-0.25, -0.2) is 9.59 Å². The molecule has 10 heteroatoms. The molecule has 0 spiro atoms. The van der Waals surface area contributed by atoms with Gasteiger partial charge in [0.15, 0.2) is 0 Å². The second kappa shape index (κ2) is 20.9. The molecule has 0 saturated heterocycles. The Bertz CT molecular complexity index is 1120. The molecule has 238 valence electrons. The van der Waals surface area contributed by atoms with Gasteiger partial charge in [0.1, 0.15) is 0 Å². The second-order valence-corrected chi connectivity index (χ2v) is 9.89. The van der Waals surface area contributed by atoms with E-state index in [0.717, 1.165) is 11.1 Å². The van der Waals surface area contributed by atoms with E-state index < -0.39 is 0 Å². The largest absolute Gasteiger partial charge is 0.380 e. The van der Waals surface area contributed by atoms with Crippen molar-refractivity contribution >= 4 is 23.4 Å². The number of hydrogen-bond acceptors (Lipinski definition) is 6. The molecule has 44 heavy (non-hydrogen) atoms. The minimum absolute atomic E-state index is 0.273. The third-order valence-electron chi connectivity index (χ3n) is 6.59. The molecule has 0 aliphatic heterocycles. The van der Waals surface area contributed by atoms with Crippen LogP contribution >= 0.6 is 0 Å². The summed E-state index contributed by atoms with van der Waals surface area (Å²) in [6, 6.07) is 26.4. The van der Waals surface area contributed by atoms with Crippen molar-refractivity contribution in [2.75, 3.05) is 76.5 Å². The van der Waals surface area contributed by atoms with E-state index in [-0.39, 0.29) is 12.1 Å². The van der Waals surface area contributed by atoms with E-state index in [2.05, 4.69) is 10.6 Å². The predicted octanol–water partition coefficient (Wildman–Crippen LogP) is 5.86. The molecule has 0 heterocycles. The van der Waals surface area contributed by atoms with Crippen LogP contribution < -0.4 is 10.6 Å². The summed E-state index contributed by atoms with van der Waals surface area (Å²) >= 11 is 0. The second-order valence-electron chi connectivity index (χ2n) is 9.89. The predicted molar refractivity (Wildman–Crippen MR) is 173 cm³/mol. The van der Waals surface area contributed by atoms with Gasteiger partial charge in [-0.15, -0.1) is 0 Å². The zero-order chi connectivity index (χ0) is 31.2. The highest BCUT2D eigenvalue weighted by Gasteiger charge is 2.16. The molecule has 0 radical (unpaired) electrons. The first-order chi connectivity index (χ1) is 21.6. The first kappa shape index (κ1) is 34.5. The van der Waals surface area contributed by atoms with E-state index in [1.54, 1.807) is 34.1 Å². The maximum absolute atomic E-state index is 13.2. The molecule has 2 N–H and O–H groups in total. The number of ether oxygens (including phenoxy) is 4. The highest BCUT2D eigenvalue weighted by Crippen LogP contribution is 2.17. The van der Waals surface area contributed by atoms with Crippen molar-refractivity contribution in [2.45, 2.75) is 27.1 Å². The van der Waals surface area contributed by atoms with Gasteiger partial charge in [-0.1, -0.05) is 66.7 Å². The van der Waals surface area contributed by atoms with E-state index in [4.69, 9.17) is 18.9 Å². The van der Waals surface area contributed by atoms with Crippen LogP contribution in [0.5, 0.6) is 0 Å². The molecule has 10 nitrogen and oxygen atoms in total. The normalized spacial score (nSPS) is 10.8. The number of rotatable bonds is 20. The Morgan fingerprint density at radius 2 is 0.932 bits per heavy atom. The third-order valence-corrected chi connectivity index (χ3v) is 6.59. The van der Waals surface area contributed by atoms with Gasteiger partial charge in [-0.3, -0.25) is 0 Å². The Morgan fingerprint density at radius 3 is 1.32 bits per heavy atom. The van der Waals surface area contributed by atoms with E-state index in [0.29, 0.717) is 90.4 Å². The van der Waals surface area contributed by atoms with Gasteiger partial charge in [0.2, 0.25) is 0 Å². The Morgan fingerprint density at radius 1 is 0.545 bits per heavy atom. The lowest BCUT2D eigenvalue weighted by Crippen LogP contribution is -2.40. The van der Waals surface area contributed by atoms with Crippen LogP contribution in [0.1, 0.15) is 25.0 Å². The lowest BCUT2D eigenvalue weighted by Gasteiger charge is -2.24. The van der Waals surface area contributed by atoms with Gasteiger partial charge in [0.25, 0.3) is 0 Å². The number of nitrogens with one attached hydrogen (secondary N) is 2. The molecular formula is C34H46N4O6. The van der Waals surface area contributed by atoms with Gasteiger partial charge in [0, 0.05) is 50.8 Å². The summed E-state index contributed by atoms with van der Waals surface area (Å²) in [7, 11) is 0. The zero-order valence-electron chi connectivity index (χ0n) is 25.9. The summed E-state index contributed by atoms with van der Waals surface area (Å²) in [6.07, 6.45) is 0. The van der Waals surface area contributed by atoms with E-state index in [1.807, 2.05) is 74.5 Å². The number of benzene rings is 3. The average molecular weight is 607 g/mol. The van der Waals surface area contributed by atoms with Crippen LogP contribution in [0.4, 0.5) is 21.0 Å². The van der Waals surface area contributed by atoms with Crippen molar-refractivity contribution in [3.8, 4) is 0 Å². The van der Waals surface area contributed by atoms with Crippen molar-refractivity contribution in [3.05, 3.63) is 96.1 Å². The number of carbonyl (C=O) groups is 2. The van der Waals surface area contributed by atoms with Crippen LogP contribution in [-0.2, 0) is 32.2 Å². The molecule has 4 amide bonds. The summed E-state index contributed by atoms with van der Waals surface area (Å²) in [5.74, 6) is 0. The SMILES string of the molecule is CCOCCN(CCOCc1ccccc1)C(=O)Nc1cccc(NC(=O)N(CCOCC)CCOCc2ccccc2)c1. The Labute approximate surface area is 261 Å². The first-order valence-corrected chi connectivity index (χ1v) is 15.2. The molecule has 3 rings (SSSR count). The molecule has 3 aromatic carbocycles. The fourth-order valence-corrected chi connectivity index (χ4v) is 4.23. The summed E-state index contributed by atoms with van der Waals surface area (Å²) in [5.41, 5.74) is 3.28. The van der Waals surface area contributed by atoms with Crippen LogP contribution in [0.3, 0.4) is 0 Å². The van der Waals surface area contributed by atoms with Crippen LogP contribution in [0, 0.1) is 0 Å². The van der Waals surface area contributed by atoms with Crippen LogP contribution in [0.25, 0.3) is 0 Å². The first-order valence-electron chi connectivity index (χ1n) is 15.2. The van der Waals surface area contributed by atoms with Crippen LogP contribution in [0.2, 0.25) is 0 Å². The van der Waals surface area contributed by atoms with Crippen molar-refractivity contribution in [2.24, 2.45) is 0 Å². The van der Waals surface area contributed by atoms with Gasteiger partial charge < -0.3 is 39.4 Å². The molecule has 0 saturated carbocycles. The summed E-state index contributed by atoms with van der Waals surface area (Å²) < 4.78 is 22.6. The Kier molecular flexibility index (Phi) is 16.4. The van der Waals surface area contributed by atoms with Crippen molar-refractivity contribution in [1.29, 1.82) is 0 Å². The molecule has 0 aromatic heterocycles. The van der Waals surface area contributed by atoms with Crippen LogP contribution in [0.15, 0.2) is 84.9 Å². The number of carbonyl (C=O) groups excluding carboxylic acids is 2. The van der Waals surface area contributed by atoms with E-state index in [1.165, 1.54) is 0 Å². The number of nitrogens with zero attached hydrogens (tertiary/aromatic N) is 2. The summed E-state index contributed by atoms with van der Waals surface area (Å²) in [5, 5.41) is 5.88. The molecule has 0 unspecified atom stereocenters. The van der Waals surface area contributed by atoms with Gasteiger partial charge in [-0.2, -0.15) is 0 Å². The van der Waals surface area contributed by atoms with Gasteiger partial charge >= 0.3 is 12.1 Å². The maximum atomic E-state index is 13.2.